The second-order valence-electron chi connectivity index (χ2n) is 4.13. The highest BCUT2D eigenvalue weighted by Crippen LogP contribution is 2.19. The van der Waals surface area contributed by atoms with Gasteiger partial charge in [-0.05, 0) is 19.1 Å². The first-order chi connectivity index (χ1) is 8.84. The van der Waals surface area contributed by atoms with E-state index in [-0.39, 0.29) is 11.5 Å². The molecule has 0 saturated carbocycles. The summed E-state index contributed by atoms with van der Waals surface area (Å²) in [5.74, 6) is -1.86. The number of benzene rings is 1. The molecule has 0 fully saturated rings. The molecule has 0 radical (unpaired) electrons. The van der Waals surface area contributed by atoms with Crippen molar-refractivity contribution >= 4 is 23.5 Å². The van der Waals surface area contributed by atoms with Gasteiger partial charge in [0.25, 0.3) is 5.91 Å². The number of para-hydroxylation sites is 1. The van der Waals surface area contributed by atoms with E-state index < -0.39 is 17.9 Å². The van der Waals surface area contributed by atoms with Crippen molar-refractivity contribution in [2.24, 2.45) is 0 Å². The van der Waals surface area contributed by atoms with Crippen LogP contribution in [0, 0.1) is 0 Å². The van der Waals surface area contributed by atoms with Crippen LogP contribution >= 0.6 is 0 Å². The van der Waals surface area contributed by atoms with Crippen molar-refractivity contribution in [3.63, 3.8) is 0 Å². The molecule has 1 rings (SSSR count). The SMILES string of the molecule is CC(=O)N(C)c1ccccc1C(=O)N[C@H](C)C(=O)O. The fraction of sp³-hybridized carbons (Fsp3) is 0.308. The number of carboxylic acids is 1. The number of carboxylic acid groups (broad SMARTS) is 1. The van der Waals surface area contributed by atoms with Crippen molar-refractivity contribution in [2.45, 2.75) is 19.9 Å². The molecule has 6 heteroatoms. The van der Waals surface area contributed by atoms with Gasteiger partial charge in [0.15, 0.2) is 0 Å². The molecule has 0 aliphatic rings. The number of aliphatic carboxylic acids is 1. The van der Waals surface area contributed by atoms with Crippen LogP contribution in [-0.2, 0) is 9.59 Å². The van der Waals surface area contributed by atoms with E-state index in [9.17, 15) is 14.4 Å². The second-order valence-corrected chi connectivity index (χ2v) is 4.13. The maximum Gasteiger partial charge on any atom is 0.325 e. The summed E-state index contributed by atoms with van der Waals surface area (Å²) in [4.78, 5) is 35.4. The lowest BCUT2D eigenvalue weighted by atomic mass is 10.1. The molecule has 2 amide bonds. The standard InChI is InChI=1S/C13H16N2O4/c1-8(13(18)19)14-12(17)10-6-4-5-7-11(10)15(3)9(2)16/h4-8H,1-3H3,(H,14,17)(H,18,19)/t8-/m1/s1. The zero-order chi connectivity index (χ0) is 14.6. The lowest BCUT2D eigenvalue weighted by Crippen LogP contribution is -2.39. The quantitative estimate of drug-likeness (QED) is 0.844. The Morgan fingerprint density at radius 3 is 2.37 bits per heavy atom. The highest BCUT2D eigenvalue weighted by molar-refractivity contribution is 6.05. The van der Waals surface area contributed by atoms with Crippen LogP contribution in [-0.4, -0.2) is 36.0 Å². The number of nitrogens with zero attached hydrogens (tertiary/aromatic N) is 1. The predicted octanol–water partition coefficient (Wildman–Crippen LogP) is 0.872. The van der Waals surface area contributed by atoms with Crippen molar-refractivity contribution in [3.8, 4) is 0 Å². The van der Waals surface area contributed by atoms with Gasteiger partial charge in [0.2, 0.25) is 5.91 Å². The maximum atomic E-state index is 12.0. The Balaban J connectivity index is 3.04. The fourth-order valence-corrected chi connectivity index (χ4v) is 1.46. The first-order valence-electron chi connectivity index (χ1n) is 5.71. The molecule has 6 nitrogen and oxygen atoms in total. The van der Waals surface area contributed by atoms with Crippen LogP contribution in [0.25, 0.3) is 0 Å². The van der Waals surface area contributed by atoms with E-state index in [0.29, 0.717) is 5.69 Å². The molecule has 1 atom stereocenters. The number of carbonyl (C=O) groups is 3. The molecule has 0 aliphatic carbocycles. The van der Waals surface area contributed by atoms with Crippen LogP contribution in [0.3, 0.4) is 0 Å². The molecule has 0 unspecified atom stereocenters. The van der Waals surface area contributed by atoms with E-state index in [0.717, 1.165) is 0 Å². The summed E-state index contributed by atoms with van der Waals surface area (Å²) in [5.41, 5.74) is 0.693. The summed E-state index contributed by atoms with van der Waals surface area (Å²) in [6, 6.07) is 5.52. The van der Waals surface area contributed by atoms with E-state index in [1.807, 2.05) is 0 Å². The highest BCUT2D eigenvalue weighted by atomic mass is 16.4. The molecule has 1 aromatic carbocycles. The van der Waals surface area contributed by atoms with E-state index in [4.69, 9.17) is 5.11 Å². The Bertz CT molecular complexity index is 513. The van der Waals surface area contributed by atoms with Gasteiger partial charge >= 0.3 is 5.97 Å². The van der Waals surface area contributed by atoms with E-state index >= 15 is 0 Å². The minimum Gasteiger partial charge on any atom is -0.480 e. The van der Waals surface area contributed by atoms with Crippen molar-refractivity contribution in [1.82, 2.24) is 5.32 Å². The molecular formula is C13H16N2O4. The number of anilines is 1. The zero-order valence-corrected chi connectivity index (χ0v) is 11.0. The Morgan fingerprint density at radius 2 is 1.84 bits per heavy atom. The average molecular weight is 264 g/mol. The van der Waals surface area contributed by atoms with Crippen molar-refractivity contribution in [3.05, 3.63) is 29.8 Å². The molecule has 0 saturated heterocycles. The van der Waals surface area contributed by atoms with Crippen LogP contribution in [0.1, 0.15) is 24.2 Å². The number of rotatable bonds is 4. The summed E-state index contributed by atoms with van der Waals surface area (Å²) in [6.07, 6.45) is 0. The number of amides is 2. The smallest absolute Gasteiger partial charge is 0.325 e. The number of hydrogen-bond donors (Lipinski definition) is 2. The van der Waals surface area contributed by atoms with Gasteiger partial charge in [0.05, 0.1) is 11.3 Å². The van der Waals surface area contributed by atoms with Gasteiger partial charge in [0.1, 0.15) is 6.04 Å². The van der Waals surface area contributed by atoms with Gasteiger partial charge in [-0.15, -0.1) is 0 Å². The van der Waals surface area contributed by atoms with Gasteiger partial charge in [0, 0.05) is 14.0 Å². The third-order valence-corrected chi connectivity index (χ3v) is 2.70. The van der Waals surface area contributed by atoms with Gasteiger partial charge in [-0.3, -0.25) is 14.4 Å². The van der Waals surface area contributed by atoms with E-state index in [1.165, 1.54) is 18.7 Å². The second kappa shape index (κ2) is 5.99. The van der Waals surface area contributed by atoms with Crippen LogP contribution in [0.15, 0.2) is 24.3 Å². The molecular weight excluding hydrogens is 248 g/mol. The summed E-state index contributed by atoms with van der Waals surface area (Å²) in [5, 5.41) is 11.1. The van der Waals surface area contributed by atoms with Crippen molar-refractivity contribution in [1.29, 1.82) is 0 Å². The molecule has 0 heterocycles. The maximum absolute atomic E-state index is 12.0. The lowest BCUT2D eigenvalue weighted by molar-refractivity contribution is -0.138. The minimum atomic E-state index is -1.12. The highest BCUT2D eigenvalue weighted by Gasteiger charge is 2.19. The number of hydrogen-bond acceptors (Lipinski definition) is 3. The molecule has 0 bridgehead atoms. The van der Waals surface area contributed by atoms with Gasteiger partial charge in [-0.1, -0.05) is 12.1 Å². The lowest BCUT2D eigenvalue weighted by Gasteiger charge is -2.19. The van der Waals surface area contributed by atoms with Crippen LogP contribution < -0.4 is 10.2 Å². The average Bonchev–Trinajstić information content (AvgIpc) is 2.37. The van der Waals surface area contributed by atoms with E-state index in [1.54, 1.807) is 31.3 Å². The Morgan fingerprint density at radius 1 is 1.26 bits per heavy atom. The minimum absolute atomic E-state index is 0.216. The van der Waals surface area contributed by atoms with Crippen molar-refractivity contribution in [2.75, 3.05) is 11.9 Å². The Kier molecular flexibility index (Phi) is 4.63. The van der Waals surface area contributed by atoms with E-state index in [2.05, 4.69) is 5.32 Å². The normalized spacial score (nSPS) is 11.5. The predicted molar refractivity (Wildman–Crippen MR) is 70.1 cm³/mol. The van der Waals surface area contributed by atoms with Gasteiger partial charge in [-0.2, -0.15) is 0 Å². The molecule has 102 valence electrons. The summed E-state index contributed by atoms with van der Waals surface area (Å²) < 4.78 is 0. The summed E-state index contributed by atoms with van der Waals surface area (Å²) in [7, 11) is 1.55. The Hall–Kier alpha value is -2.37. The molecule has 2 N–H and O–H groups in total. The van der Waals surface area contributed by atoms with Crippen LogP contribution in [0.2, 0.25) is 0 Å². The Labute approximate surface area is 111 Å². The van der Waals surface area contributed by atoms with Crippen LogP contribution in [0.5, 0.6) is 0 Å². The largest absolute Gasteiger partial charge is 0.480 e. The first kappa shape index (κ1) is 14.7. The molecule has 0 spiro atoms. The monoisotopic (exact) mass is 264 g/mol. The first-order valence-corrected chi connectivity index (χ1v) is 5.71. The topological polar surface area (TPSA) is 86.7 Å². The third-order valence-electron chi connectivity index (χ3n) is 2.70. The summed E-state index contributed by atoms with van der Waals surface area (Å²) >= 11 is 0. The molecule has 0 aromatic heterocycles. The summed E-state index contributed by atoms with van der Waals surface area (Å²) in [6.45, 7) is 2.76. The molecule has 19 heavy (non-hydrogen) atoms. The van der Waals surface area contributed by atoms with Gasteiger partial charge < -0.3 is 15.3 Å². The van der Waals surface area contributed by atoms with Gasteiger partial charge in [-0.25, -0.2) is 0 Å². The molecule has 0 aliphatic heterocycles. The fourth-order valence-electron chi connectivity index (χ4n) is 1.46. The third kappa shape index (κ3) is 3.54. The van der Waals surface area contributed by atoms with Crippen LogP contribution in [0.4, 0.5) is 5.69 Å². The zero-order valence-electron chi connectivity index (χ0n) is 11.0. The van der Waals surface area contributed by atoms with Crippen molar-refractivity contribution < 1.29 is 19.5 Å². The number of nitrogens with one attached hydrogen (secondary N) is 1. The number of carbonyl (C=O) groups excluding carboxylic acids is 2. The molecule has 1 aromatic rings.